The molecule has 0 saturated heterocycles. The van der Waals surface area contributed by atoms with Crippen LogP contribution in [-0.4, -0.2) is 17.6 Å². The highest BCUT2D eigenvalue weighted by molar-refractivity contribution is 5.72. The van der Waals surface area contributed by atoms with Crippen LogP contribution in [0.25, 0.3) is 11.1 Å². The van der Waals surface area contributed by atoms with Crippen LogP contribution in [0, 0.1) is 5.82 Å². The number of aromatic nitrogens is 1. The van der Waals surface area contributed by atoms with Gasteiger partial charge in [-0.2, -0.15) is 13.2 Å². The summed E-state index contributed by atoms with van der Waals surface area (Å²) in [6, 6.07) is 4.92. The molecule has 1 aliphatic rings. The van der Waals surface area contributed by atoms with Gasteiger partial charge in [0.2, 0.25) is 0 Å². The van der Waals surface area contributed by atoms with E-state index in [1.807, 2.05) is 0 Å². The molecule has 0 amide bonds. The van der Waals surface area contributed by atoms with Crippen LogP contribution in [0.3, 0.4) is 0 Å². The second kappa shape index (κ2) is 5.24. The average molecular weight is 312 g/mol. The van der Waals surface area contributed by atoms with Gasteiger partial charge in [0.25, 0.3) is 0 Å². The number of benzene rings is 1. The van der Waals surface area contributed by atoms with Gasteiger partial charge in [-0.3, -0.25) is 4.98 Å². The highest BCUT2D eigenvalue weighted by atomic mass is 19.4. The van der Waals surface area contributed by atoms with Gasteiger partial charge in [-0.25, -0.2) is 4.39 Å². The first kappa shape index (κ1) is 14.8. The van der Waals surface area contributed by atoms with E-state index in [1.54, 1.807) is 0 Å². The number of halogens is 4. The van der Waals surface area contributed by atoms with Gasteiger partial charge in [-0.15, -0.1) is 0 Å². The van der Waals surface area contributed by atoms with Crippen LogP contribution in [0.15, 0.2) is 30.5 Å². The number of fused-ring (bicyclic) bond motifs is 1. The Balaban J connectivity index is 2.02. The molecule has 7 heteroatoms. The van der Waals surface area contributed by atoms with Crippen molar-refractivity contribution in [2.24, 2.45) is 5.73 Å². The van der Waals surface area contributed by atoms with Gasteiger partial charge < -0.3 is 10.5 Å². The molecule has 1 atom stereocenters. The monoisotopic (exact) mass is 312 g/mol. The molecule has 0 bridgehead atoms. The fourth-order valence-corrected chi connectivity index (χ4v) is 2.44. The molecule has 22 heavy (non-hydrogen) atoms. The average Bonchev–Trinajstić information content (AvgIpc) is 2.92. The summed E-state index contributed by atoms with van der Waals surface area (Å²) in [4.78, 5) is 3.41. The van der Waals surface area contributed by atoms with Gasteiger partial charge in [0.05, 0.1) is 0 Å². The summed E-state index contributed by atoms with van der Waals surface area (Å²) in [5.74, 6) is -0.0772. The SMILES string of the molecule is NCC1Cc2c(F)ccc(-c3ccc(C(F)(F)F)nc3)c2O1. The molecule has 1 aliphatic heterocycles. The lowest BCUT2D eigenvalue weighted by molar-refractivity contribution is -0.141. The maximum absolute atomic E-state index is 13.8. The molecule has 116 valence electrons. The van der Waals surface area contributed by atoms with Crippen LogP contribution >= 0.6 is 0 Å². The molecule has 1 aromatic carbocycles. The fraction of sp³-hybridized carbons (Fsp3) is 0.267. The van der Waals surface area contributed by atoms with Gasteiger partial charge in [-0.1, -0.05) is 6.07 Å². The summed E-state index contributed by atoms with van der Waals surface area (Å²) >= 11 is 0. The zero-order valence-electron chi connectivity index (χ0n) is 11.3. The number of hydrogen-bond donors (Lipinski definition) is 1. The number of rotatable bonds is 2. The fourth-order valence-electron chi connectivity index (χ4n) is 2.44. The number of nitrogens with two attached hydrogens (primary N) is 1. The summed E-state index contributed by atoms with van der Waals surface area (Å²) in [5.41, 5.74) is 5.90. The minimum Gasteiger partial charge on any atom is -0.488 e. The predicted molar refractivity (Wildman–Crippen MR) is 71.8 cm³/mol. The summed E-state index contributed by atoms with van der Waals surface area (Å²) in [7, 11) is 0. The normalized spacial score (nSPS) is 17.2. The van der Waals surface area contributed by atoms with E-state index in [2.05, 4.69) is 4.98 Å². The molecule has 0 aliphatic carbocycles. The zero-order valence-corrected chi connectivity index (χ0v) is 11.3. The minimum atomic E-state index is -4.50. The first-order valence-corrected chi connectivity index (χ1v) is 6.62. The minimum absolute atomic E-state index is 0.235. The number of hydrogen-bond acceptors (Lipinski definition) is 3. The van der Waals surface area contributed by atoms with Crippen LogP contribution in [0.5, 0.6) is 5.75 Å². The largest absolute Gasteiger partial charge is 0.488 e. The van der Waals surface area contributed by atoms with Gasteiger partial charge >= 0.3 is 6.18 Å². The van der Waals surface area contributed by atoms with Gasteiger partial charge in [0.15, 0.2) is 0 Å². The molecular weight excluding hydrogens is 300 g/mol. The van der Waals surface area contributed by atoms with Crippen molar-refractivity contribution < 1.29 is 22.3 Å². The van der Waals surface area contributed by atoms with Crippen LogP contribution < -0.4 is 10.5 Å². The predicted octanol–water partition coefficient (Wildman–Crippen LogP) is 3.17. The molecule has 0 spiro atoms. The topological polar surface area (TPSA) is 48.1 Å². The molecule has 0 saturated carbocycles. The smallest absolute Gasteiger partial charge is 0.433 e. The number of nitrogens with zero attached hydrogens (tertiary/aromatic N) is 1. The maximum atomic E-state index is 13.8. The van der Waals surface area contributed by atoms with E-state index in [-0.39, 0.29) is 12.6 Å². The van der Waals surface area contributed by atoms with Crippen molar-refractivity contribution in [3.8, 4) is 16.9 Å². The lowest BCUT2D eigenvalue weighted by Gasteiger charge is -2.12. The van der Waals surface area contributed by atoms with Crippen molar-refractivity contribution >= 4 is 0 Å². The summed E-state index contributed by atoms with van der Waals surface area (Å²) in [6.45, 7) is 0.235. The second-order valence-electron chi connectivity index (χ2n) is 5.01. The van der Waals surface area contributed by atoms with Gasteiger partial charge in [-0.05, 0) is 18.2 Å². The zero-order chi connectivity index (χ0) is 15.9. The second-order valence-corrected chi connectivity index (χ2v) is 5.01. The Labute approximate surface area is 123 Å². The third kappa shape index (κ3) is 2.52. The Hall–Kier alpha value is -2.15. The van der Waals surface area contributed by atoms with E-state index in [0.29, 0.717) is 28.9 Å². The van der Waals surface area contributed by atoms with E-state index < -0.39 is 17.7 Å². The number of ether oxygens (including phenoxy) is 1. The lowest BCUT2D eigenvalue weighted by Crippen LogP contribution is -2.24. The molecule has 0 fully saturated rings. The third-order valence-electron chi connectivity index (χ3n) is 3.55. The molecule has 1 aromatic heterocycles. The molecule has 2 aromatic rings. The highest BCUT2D eigenvalue weighted by Gasteiger charge is 2.32. The maximum Gasteiger partial charge on any atom is 0.433 e. The molecule has 3 rings (SSSR count). The van der Waals surface area contributed by atoms with E-state index in [9.17, 15) is 17.6 Å². The van der Waals surface area contributed by atoms with Crippen molar-refractivity contribution in [1.82, 2.24) is 4.98 Å². The Bertz CT molecular complexity index is 698. The Morgan fingerprint density at radius 2 is 2.00 bits per heavy atom. The molecule has 3 nitrogen and oxygen atoms in total. The molecular formula is C15H12F4N2O. The van der Waals surface area contributed by atoms with Crippen LogP contribution in [0.2, 0.25) is 0 Å². The van der Waals surface area contributed by atoms with Crippen molar-refractivity contribution in [3.05, 3.63) is 47.5 Å². The van der Waals surface area contributed by atoms with E-state index >= 15 is 0 Å². The first-order valence-electron chi connectivity index (χ1n) is 6.62. The molecule has 0 radical (unpaired) electrons. The van der Waals surface area contributed by atoms with Crippen LogP contribution in [-0.2, 0) is 12.6 Å². The quantitative estimate of drug-likeness (QED) is 0.867. The molecule has 2 N–H and O–H groups in total. The number of alkyl halides is 3. The summed E-state index contributed by atoms with van der Waals surface area (Å²) in [5, 5.41) is 0. The Morgan fingerprint density at radius 3 is 2.59 bits per heavy atom. The van der Waals surface area contributed by atoms with Gasteiger partial charge in [0.1, 0.15) is 23.4 Å². The standard InChI is InChI=1S/C15H12F4N2O/c16-12-3-2-10(14-11(12)5-9(6-20)22-14)8-1-4-13(21-7-8)15(17,18)19/h1-4,7,9H,5-6,20H2. The number of pyridine rings is 1. The van der Waals surface area contributed by atoms with Crippen molar-refractivity contribution in [2.45, 2.75) is 18.7 Å². The Morgan fingerprint density at radius 1 is 1.23 bits per heavy atom. The molecule has 2 heterocycles. The van der Waals surface area contributed by atoms with E-state index in [1.165, 1.54) is 18.2 Å². The van der Waals surface area contributed by atoms with Gasteiger partial charge in [0, 0.05) is 35.9 Å². The van der Waals surface area contributed by atoms with E-state index in [4.69, 9.17) is 10.5 Å². The van der Waals surface area contributed by atoms with Crippen LogP contribution in [0.1, 0.15) is 11.3 Å². The van der Waals surface area contributed by atoms with E-state index in [0.717, 1.165) is 12.3 Å². The first-order chi connectivity index (χ1) is 10.4. The molecule has 1 unspecified atom stereocenters. The summed E-state index contributed by atoms with van der Waals surface area (Å²) in [6.07, 6.45) is -3.37. The lowest BCUT2D eigenvalue weighted by atomic mass is 10.0. The van der Waals surface area contributed by atoms with Crippen molar-refractivity contribution in [2.75, 3.05) is 6.54 Å². The van der Waals surface area contributed by atoms with Crippen molar-refractivity contribution in [3.63, 3.8) is 0 Å². The highest BCUT2D eigenvalue weighted by Crippen LogP contribution is 2.40. The summed E-state index contributed by atoms with van der Waals surface area (Å²) < 4.78 is 57.1. The van der Waals surface area contributed by atoms with Crippen LogP contribution in [0.4, 0.5) is 17.6 Å². The third-order valence-corrected chi connectivity index (χ3v) is 3.55. The Kier molecular flexibility index (Phi) is 3.52. The van der Waals surface area contributed by atoms with Crippen molar-refractivity contribution in [1.29, 1.82) is 0 Å².